The molecule has 1 heterocycles. The van der Waals surface area contributed by atoms with Gasteiger partial charge in [-0.15, -0.1) is 0 Å². The normalized spacial score (nSPS) is 15.9. The topological polar surface area (TPSA) is 85.0 Å². The van der Waals surface area contributed by atoms with E-state index in [9.17, 15) is 9.90 Å². The Hall–Kier alpha value is -2.83. The van der Waals surface area contributed by atoms with E-state index in [0.29, 0.717) is 18.0 Å². The van der Waals surface area contributed by atoms with Gasteiger partial charge in [0.05, 0.1) is 18.9 Å². The largest absolute Gasteiger partial charge is 0.449 e. The van der Waals surface area contributed by atoms with Gasteiger partial charge in [-0.2, -0.15) is 0 Å². The zero-order valence-corrected chi connectivity index (χ0v) is 15.5. The fourth-order valence-corrected chi connectivity index (χ4v) is 3.21. The lowest BCUT2D eigenvalue weighted by Gasteiger charge is -2.35. The summed E-state index contributed by atoms with van der Waals surface area (Å²) in [6.45, 7) is 4.27. The molecule has 0 saturated carbocycles. The maximum Gasteiger partial charge on any atom is 0.416 e. The van der Waals surface area contributed by atoms with Crippen molar-refractivity contribution in [3.63, 3.8) is 0 Å². The second-order valence-electron chi connectivity index (χ2n) is 6.09. The van der Waals surface area contributed by atoms with Gasteiger partial charge in [-0.1, -0.05) is 24.3 Å². The molecule has 142 valence electrons. The smallest absolute Gasteiger partial charge is 0.416 e. The van der Waals surface area contributed by atoms with Gasteiger partial charge >= 0.3 is 6.09 Å². The molecule has 0 spiro atoms. The van der Waals surface area contributed by atoms with Crippen LogP contribution in [0.4, 0.5) is 16.2 Å². The number of nitrogens with two attached hydrogens (primary N) is 1. The van der Waals surface area contributed by atoms with E-state index in [-0.39, 0.29) is 13.2 Å². The summed E-state index contributed by atoms with van der Waals surface area (Å²) in [5, 5.41) is 9.50. The minimum atomic E-state index is -0.615. The summed E-state index contributed by atoms with van der Waals surface area (Å²) in [5.74, 6) is 0. The number of nitrogens with zero attached hydrogens (tertiary/aromatic N) is 1. The Kier molecular flexibility index (Phi) is 5.78. The standard InChI is InChI=1S/C21H24N2O4/c1-3-26-20-12-16(17-11-14(13-24)9-10-18(17)22)15-7-5-6-8-19(15)23(20)21(25)27-4-2/h5-12,20,24H,3-4,13,22H2,1-2H3. The van der Waals surface area contributed by atoms with Crippen LogP contribution in [0, 0.1) is 0 Å². The number of nitrogen functional groups attached to an aromatic ring is 1. The van der Waals surface area contributed by atoms with E-state index in [1.165, 1.54) is 4.90 Å². The van der Waals surface area contributed by atoms with Crippen molar-refractivity contribution in [3.05, 3.63) is 65.2 Å². The lowest BCUT2D eigenvalue weighted by Crippen LogP contribution is -2.44. The van der Waals surface area contributed by atoms with Crippen LogP contribution in [0.3, 0.4) is 0 Å². The van der Waals surface area contributed by atoms with Gasteiger partial charge in [0.1, 0.15) is 0 Å². The number of amides is 1. The molecule has 0 aliphatic carbocycles. The van der Waals surface area contributed by atoms with Crippen molar-refractivity contribution in [2.24, 2.45) is 0 Å². The van der Waals surface area contributed by atoms with Crippen molar-refractivity contribution in [2.45, 2.75) is 26.7 Å². The number of hydrogen-bond donors (Lipinski definition) is 2. The maximum absolute atomic E-state index is 12.6. The van der Waals surface area contributed by atoms with Crippen LogP contribution in [0.15, 0.2) is 48.5 Å². The first-order valence-corrected chi connectivity index (χ1v) is 8.99. The van der Waals surface area contributed by atoms with E-state index in [1.54, 1.807) is 19.1 Å². The summed E-state index contributed by atoms with van der Waals surface area (Å²) in [4.78, 5) is 14.1. The fourth-order valence-electron chi connectivity index (χ4n) is 3.21. The molecule has 6 heteroatoms. The number of rotatable bonds is 5. The van der Waals surface area contributed by atoms with Crippen molar-refractivity contribution < 1.29 is 19.4 Å². The highest BCUT2D eigenvalue weighted by Gasteiger charge is 2.33. The highest BCUT2D eigenvalue weighted by molar-refractivity contribution is 6.00. The Labute approximate surface area is 158 Å². The minimum Gasteiger partial charge on any atom is -0.449 e. The molecular formula is C21H24N2O4. The molecular weight excluding hydrogens is 344 g/mol. The van der Waals surface area contributed by atoms with Crippen LogP contribution in [-0.4, -0.2) is 30.6 Å². The summed E-state index contributed by atoms with van der Waals surface area (Å²) >= 11 is 0. The average Bonchev–Trinajstić information content (AvgIpc) is 2.68. The van der Waals surface area contributed by atoms with E-state index in [1.807, 2.05) is 43.3 Å². The van der Waals surface area contributed by atoms with Gasteiger partial charge in [0.15, 0.2) is 6.23 Å². The molecule has 1 aliphatic rings. The fraction of sp³-hybridized carbons (Fsp3) is 0.286. The van der Waals surface area contributed by atoms with Crippen molar-refractivity contribution in [1.82, 2.24) is 0 Å². The van der Waals surface area contributed by atoms with Crippen LogP contribution in [-0.2, 0) is 16.1 Å². The number of para-hydroxylation sites is 1. The number of aliphatic hydroxyl groups excluding tert-OH is 1. The zero-order chi connectivity index (χ0) is 19.4. The molecule has 0 fully saturated rings. The second-order valence-corrected chi connectivity index (χ2v) is 6.09. The summed E-state index contributed by atoms with van der Waals surface area (Å²) < 4.78 is 11.1. The number of hydrogen-bond acceptors (Lipinski definition) is 5. The Bertz CT molecular complexity index is 863. The first-order valence-electron chi connectivity index (χ1n) is 8.99. The number of anilines is 2. The maximum atomic E-state index is 12.6. The third-order valence-corrected chi connectivity index (χ3v) is 4.41. The van der Waals surface area contributed by atoms with Crippen molar-refractivity contribution in [2.75, 3.05) is 23.8 Å². The van der Waals surface area contributed by atoms with Crippen molar-refractivity contribution in [1.29, 1.82) is 0 Å². The van der Waals surface area contributed by atoms with E-state index in [4.69, 9.17) is 15.2 Å². The Morgan fingerprint density at radius 3 is 2.63 bits per heavy atom. The second kappa shape index (κ2) is 8.24. The summed E-state index contributed by atoms with van der Waals surface area (Å²) in [7, 11) is 0. The molecule has 3 N–H and O–H groups in total. The van der Waals surface area contributed by atoms with Gasteiger partial charge in [0.25, 0.3) is 0 Å². The van der Waals surface area contributed by atoms with E-state index in [2.05, 4.69) is 0 Å². The van der Waals surface area contributed by atoms with Gasteiger partial charge in [0.2, 0.25) is 0 Å². The van der Waals surface area contributed by atoms with Crippen LogP contribution in [0.2, 0.25) is 0 Å². The molecule has 2 aromatic rings. The van der Waals surface area contributed by atoms with Crippen LogP contribution < -0.4 is 10.6 Å². The zero-order valence-electron chi connectivity index (χ0n) is 15.5. The monoisotopic (exact) mass is 368 g/mol. The summed E-state index contributed by atoms with van der Waals surface area (Å²) in [6, 6.07) is 13.0. The van der Waals surface area contributed by atoms with Crippen molar-refractivity contribution in [3.8, 4) is 0 Å². The number of fused-ring (bicyclic) bond motifs is 1. The molecule has 0 bridgehead atoms. The lowest BCUT2D eigenvalue weighted by atomic mass is 9.90. The first-order chi connectivity index (χ1) is 13.1. The van der Waals surface area contributed by atoms with E-state index >= 15 is 0 Å². The molecule has 2 aromatic carbocycles. The molecule has 3 rings (SSSR count). The highest BCUT2D eigenvalue weighted by atomic mass is 16.6. The highest BCUT2D eigenvalue weighted by Crippen LogP contribution is 2.40. The van der Waals surface area contributed by atoms with Crippen molar-refractivity contribution >= 4 is 23.0 Å². The average molecular weight is 368 g/mol. The molecule has 1 unspecified atom stereocenters. The quantitative estimate of drug-likeness (QED) is 0.789. The molecule has 0 radical (unpaired) electrons. The van der Waals surface area contributed by atoms with Gasteiger partial charge in [-0.25, -0.2) is 9.69 Å². The number of carbonyl (C=O) groups excluding carboxylic acids is 1. The molecule has 0 saturated heterocycles. The number of carbonyl (C=O) groups is 1. The molecule has 27 heavy (non-hydrogen) atoms. The molecule has 1 atom stereocenters. The third-order valence-electron chi connectivity index (χ3n) is 4.41. The molecule has 0 aromatic heterocycles. The van der Waals surface area contributed by atoms with Crippen LogP contribution in [0.1, 0.15) is 30.5 Å². The van der Waals surface area contributed by atoms with Gasteiger partial charge in [0, 0.05) is 23.4 Å². The number of ether oxygens (including phenoxy) is 2. The minimum absolute atomic E-state index is 0.0773. The Balaban J connectivity index is 2.18. The first kappa shape index (κ1) is 18.9. The van der Waals surface area contributed by atoms with E-state index < -0.39 is 12.3 Å². The summed E-state index contributed by atoms with van der Waals surface area (Å²) in [6.07, 6.45) is 0.794. The predicted molar refractivity (Wildman–Crippen MR) is 105 cm³/mol. The van der Waals surface area contributed by atoms with Gasteiger partial charge < -0.3 is 20.3 Å². The molecule has 1 amide bonds. The third kappa shape index (κ3) is 3.67. The Morgan fingerprint density at radius 1 is 1.15 bits per heavy atom. The SMILES string of the molecule is CCOC(=O)N1c2ccccc2C(c2cc(CO)ccc2N)=CC1OCC. The Morgan fingerprint density at radius 2 is 1.93 bits per heavy atom. The van der Waals surface area contributed by atoms with Gasteiger partial charge in [-0.05, 0) is 49.3 Å². The predicted octanol–water partition coefficient (Wildman–Crippen LogP) is 3.53. The number of aliphatic hydroxyl groups is 1. The molecule has 1 aliphatic heterocycles. The lowest BCUT2D eigenvalue weighted by molar-refractivity contribution is 0.0828. The van der Waals surface area contributed by atoms with Crippen LogP contribution >= 0.6 is 0 Å². The van der Waals surface area contributed by atoms with Crippen LogP contribution in [0.5, 0.6) is 0 Å². The van der Waals surface area contributed by atoms with Crippen LogP contribution in [0.25, 0.3) is 5.57 Å². The molecule has 6 nitrogen and oxygen atoms in total. The van der Waals surface area contributed by atoms with E-state index in [0.717, 1.165) is 22.3 Å². The summed E-state index contributed by atoms with van der Waals surface area (Å²) in [5.41, 5.74) is 10.8. The number of benzene rings is 2. The van der Waals surface area contributed by atoms with Gasteiger partial charge in [-0.3, -0.25) is 0 Å².